The van der Waals surface area contributed by atoms with Gasteiger partial charge in [0.2, 0.25) is 5.92 Å². The van der Waals surface area contributed by atoms with Crippen LogP contribution in [0.1, 0.15) is 27.7 Å². The molecule has 0 amide bonds. The fourth-order valence-corrected chi connectivity index (χ4v) is 1.11. The van der Waals surface area contributed by atoms with Crippen molar-refractivity contribution >= 4 is 17.7 Å². The molecule has 0 fully saturated rings. The lowest BCUT2D eigenvalue weighted by Gasteiger charge is -2.14. The molecule has 0 atom stereocenters. The van der Waals surface area contributed by atoms with E-state index in [0.29, 0.717) is 0 Å². The molecule has 0 radical (unpaired) electrons. The van der Waals surface area contributed by atoms with Crippen molar-refractivity contribution in [2.24, 2.45) is 11.8 Å². The van der Waals surface area contributed by atoms with Gasteiger partial charge in [0.1, 0.15) is 0 Å². The van der Waals surface area contributed by atoms with Gasteiger partial charge in [0, 0.05) is 5.92 Å². The van der Waals surface area contributed by atoms with Crippen LogP contribution in [0, 0.1) is 11.8 Å². The summed E-state index contributed by atoms with van der Waals surface area (Å²) in [5.41, 5.74) is 0. The molecule has 0 saturated carbocycles. The van der Waals surface area contributed by atoms with Gasteiger partial charge in [-0.05, 0) is 13.8 Å². The number of ether oxygens (including phenoxy) is 2. The van der Waals surface area contributed by atoms with Crippen molar-refractivity contribution in [2.45, 2.75) is 27.7 Å². The highest BCUT2D eigenvalue weighted by Gasteiger charge is 2.37. The Bertz CT molecular complexity index is 252. The average Bonchev–Trinajstić information content (AvgIpc) is 2.18. The second kappa shape index (κ2) is 6.98. The molecule has 0 heterocycles. The van der Waals surface area contributed by atoms with E-state index >= 15 is 0 Å². The van der Waals surface area contributed by atoms with Gasteiger partial charge in [-0.25, -0.2) is 0 Å². The zero-order valence-corrected chi connectivity index (χ0v) is 10.1. The molecule has 0 aromatic heterocycles. The number of hydrogen-bond acceptors (Lipinski definition) is 5. The first kappa shape index (κ1) is 14.6. The molecule has 0 saturated heterocycles. The van der Waals surface area contributed by atoms with Crippen LogP contribution in [0.5, 0.6) is 0 Å². The third kappa shape index (κ3) is 4.00. The van der Waals surface area contributed by atoms with Crippen molar-refractivity contribution in [3.63, 3.8) is 0 Å². The number of carbonyl (C=O) groups is 3. The van der Waals surface area contributed by atoms with Crippen LogP contribution in [0.15, 0.2) is 0 Å². The summed E-state index contributed by atoms with van der Waals surface area (Å²) in [6, 6.07) is 0. The predicted molar refractivity (Wildman–Crippen MR) is 56.6 cm³/mol. The van der Waals surface area contributed by atoms with Crippen molar-refractivity contribution in [1.82, 2.24) is 0 Å². The summed E-state index contributed by atoms with van der Waals surface area (Å²) in [4.78, 5) is 34.6. The molecule has 92 valence electrons. The van der Waals surface area contributed by atoms with Crippen LogP contribution < -0.4 is 0 Å². The standard InChI is InChI=1S/C11H18O5/c1-5-15-10(13)8(9(12)7(3)4)11(14)16-6-2/h7-8H,5-6H2,1-4H3. The van der Waals surface area contributed by atoms with Crippen LogP contribution in [0.25, 0.3) is 0 Å². The van der Waals surface area contributed by atoms with E-state index in [2.05, 4.69) is 9.47 Å². The monoisotopic (exact) mass is 230 g/mol. The number of hydrogen-bond donors (Lipinski definition) is 0. The van der Waals surface area contributed by atoms with E-state index in [1.807, 2.05) is 0 Å². The molecule has 0 N–H and O–H groups in total. The number of ketones is 1. The summed E-state index contributed by atoms with van der Waals surface area (Å²) < 4.78 is 9.36. The van der Waals surface area contributed by atoms with E-state index < -0.39 is 29.6 Å². The Balaban J connectivity index is 4.82. The van der Waals surface area contributed by atoms with E-state index in [1.165, 1.54) is 0 Å². The normalized spacial score (nSPS) is 10.4. The third-order valence-corrected chi connectivity index (χ3v) is 1.90. The predicted octanol–water partition coefficient (Wildman–Crippen LogP) is 0.954. The summed E-state index contributed by atoms with van der Waals surface area (Å²) in [5, 5.41) is 0. The minimum absolute atomic E-state index is 0.125. The summed E-state index contributed by atoms with van der Waals surface area (Å²) in [7, 11) is 0. The van der Waals surface area contributed by atoms with Gasteiger partial charge in [0.15, 0.2) is 5.78 Å². The second-order valence-electron chi connectivity index (χ2n) is 3.49. The first-order chi connectivity index (χ1) is 7.45. The number of rotatable bonds is 6. The molecular formula is C11H18O5. The quantitative estimate of drug-likeness (QED) is 0.502. The van der Waals surface area contributed by atoms with Gasteiger partial charge in [-0.1, -0.05) is 13.8 Å². The Morgan fingerprint density at radius 1 is 0.938 bits per heavy atom. The average molecular weight is 230 g/mol. The van der Waals surface area contributed by atoms with Crippen LogP contribution in [0.3, 0.4) is 0 Å². The van der Waals surface area contributed by atoms with Crippen molar-refractivity contribution in [3.05, 3.63) is 0 Å². The van der Waals surface area contributed by atoms with Gasteiger partial charge >= 0.3 is 11.9 Å². The van der Waals surface area contributed by atoms with E-state index in [1.54, 1.807) is 27.7 Å². The smallest absolute Gasteiger partial charge is 0.328 e. The lowest BCUT2D eigenvalue weighted by molar-refractivity contribution is -0.164. The minimum Gasteiger partial charge on any atom is -0.465 e. The molecule has 0 bridgehead atoms. The van der Waals surface area contributed by atoms with Crippen LogP contribution >= 0.6 is 0 Å². The highest BCUT2D eigenvalue weighted by molar-refractivity contribution is 6.15. The Hall–Kier alpha value is -1.39. The zero-order valence-electron chi connectivity index (χ0n) is 10.1. The van der Waals surface area contributed by atoms with E-state index in [-0.39, 0.29) is 13.2 Å². The fourth-order valence-electron chi connectivity index (χ4n) is 1.11. The van der Waals surface area contributed by atoms with Gasteiger partial charge in [-0.2, -0.15) is 0 Å². The topological polar surface area (TPSA) is 69.7 Å². The number of esters is 2. The van der Waals surface area contributed by atoms with Crippen molar-refractivity contribution < 1.29 is 23.9 Å². The van der Waals surface area contributed by atoms with Gasteiger partial charge in [0.25, 0.3) is 0 Å². The summed E-state index contributed by atoms with van der Waals surface area (Å²) in [6.07, 6.45) is 0. The van der Waals surface area contributed by atoms with E-state index in [4.69, 9.17) is 0 Å². The largest absolute Gasteiger partial charge is 0.465 e. The molecule has 0 aliphatic heterocycles. The lowest BCUT2D eigenvalue weighted by atomic mass is 9.95. The van der Waals surface area contributed by atoms with Gasteiger partial charge in [-0.15, -0.1) is 0 Å². The fraction of sp³-hybridized carbons (Fsp3) is 0.727. The highest BCUT2D eigenvalue weighted by atomic mass is 16.6. The summed E-state index contributed by atoms with van der Waals surface area (Å²) >= 11 is 0. The van der Waals surface area contributed by atoms with Crippen molar-refractivity contribution in [1.29, 1.82) is 0 Å². The lowest BCUT2D eigenvalue weighted by Crippen LogP contribution is -2.37. The van der Waals surface area contributed by atoms with Crippen molar-refractivity contribution in [3.8, 4) is 0 Å². The Kier molecular flexibility index (Phi) is 6.37. The van der Waals surface area contributed by atoms with Gasteiger partial charge in [0.05, 0.1) is 13.2 Å². The van der Waals surface area contributed by atoms with Crippen LogP contribution in [0.4, 0.5) is 0 Å². The van der Waals surface area contributed by atoms with Crippen LogP contribution in [0.2, 0.25) is 0 Å². The third-order valence-electron chi connectivity index (χ3n) is 1.90. The molecule has 0 aromatic carbocycles. The molecule has 5 nitrogen and oxygen atoms in total. The van der Waals surface area contributed by atoms with E-state index in [9.17, 15) is 14.4 Å². The Morgan fingerprint density at radius 2 is 1.31 bits per heavy atom. The minimum atomic E-state index is -1.44. The second-order valence-corrected chi connectivity index (χ2v) is 3.49. The van der Waals surface area contributed by atoms with Gasteiger partial charge in [-0.3, -0.25) is 14.4 Å². The van der Waals surface area contributed by atoms with Crippen molar-refractivity contribution in [2.75, 3.05) is 13.2 Å². The van der Waals surface area contributed by atoms with Crippen LogP contribution in [-0.4, -0.2) is 30.9 Å². The van der Waals surface area contributed by atoms with E-state index in [0.717, 1.165) is 0 Å². The zero-order chi connectivity index (χ0) is 12.7. The maximum Gasteiger partial charge on any atom is 0.328 e. The molecule has 5 heteroatoms. The molecule has 0 rings (SSSR count). The maximum atomic E-state index is 11.7. The maximum absolute atomic E-state index is 11.7. The first-order valence-electron chi connectivity index (χ1n) is 5.32. The number of Topliss-reactive ketones (excluding diaryl/α,β-unsaturated/α-hetero) is 1. The Morgan fingerprint density at radius 3 is 1.56 bits per heavy atom. The molecule has 0 aliphatic carbocycles. The first-order valence-corrected chi connectivity index (χ1v) is 5.32. The summed E-state index contributed by atoms with van der Waals surface area (Å²) in [6.45, 7) is 6.71. The molecule has 0 aromatic rings. The highest BCUT2D eigenvalue weighted by Crippen LogP contribution is 2.11. The van der Waals surface area contributed by atoms with Gasteiger partial charge < -0.3 is 9.47 Å². The molecular weight excluding hydrogens is 212 g/mol. The Labute approximate surface area is 95.1 Å². The molecule has 0 spiro atoms. The SMILES string of the molecule is CCOC(=O)C(C(=O)OCC)C(=O)C(C)C. The number of carbonyl (C=O) groups excluding carboxylic acids is 3. The summed E-state index contributed by atoms with van der Waals surface area (Å²) in [5.74, 6) is -4.00. The molecule has 0 aliphatic rings. The molecule has 0 unspecified atom stereocenters. The van der Waals surface area contributed by atoms with Crippen LogP contribution in [-0.2, 0) is 23.9 Å². The molecule has 16 heavy (non-hydrogen) atoms.